The zero-order chi connectivity index (χ0) is 17.8. The third-order valence-corrected chi connectivity index (χ3v) is 5.70. The Kier molecular flexibility index (Phi) is 5.79. The molecule has 1 aliphatic rings. The van der Waals surface area contributed by atoms with Gasteiger partial charge in [0.15, 0.2) is 0 Å². The highest BCUT2D eigenvalue weighted by atomic mass is 79.9. The number of anilines is 1. The average Bonchev–Trinajstić information content (AvgIpc) is 2.63. The molecule has 3 rings (SSSR count). The lowest BCUT2D eigenvalue weighted by molar-refractivity contribution is 0.0939. The van der Waals surface area contributed by atoms with E-state index in [0.717, 1.165) is 29.0 Å². The molecule has 1 saturated heterocycles. The van der Waals surface area contributed by atoms with E-state index in [1.54, 1.807) is 0 Å². The molecule has 132 valence electrons. The summed E-state index contributed by atoms with van der Waals surface area (Å²) in [7, 11) is 0. The number of nitrogens with zero attached hydrogens (tertiary/aromatic N) is 1. The van der Waals surface area contributed by atoms with Gasteiger partial charge in [-0.05, 0) is 71.4 Å². The lowest BCUT2D eigenvalue weighted by Crippen LogP contribution is -2.32. The Hall–Kier alpha value is -1.81. The van der Waals surface area contributed by atoms with Crippen LogP contribution in [0.5, 0.6) is 0 Å². The molecular formula is C21H25BrN2O. The fourth-order valence-corrected chi connectivity index (χ4v) is 3.71. The minimum Gasteiger partial charge on any atom is -0.372 e. The van der Waals surface area contributed by atoms with E-state index in [-0.39, 0.29) is 11.9 Å². The fraction of sp³-hybridized carbons (Fsp3) is 0.381. The minimum absolute atomic E-state index is 0.0324. The Bertz CT molecular complexity index is 721. The SMILES string of the molecule is CC1CCN(c2ccc([C@@H](C)NC(=O)c3ccccc3Br)cc2)CC1. The summed E-state index contributed by atoms with van der Waals surface area (Å²) in [6.45, 7) is 6.62. The van der Waals surface area contributed by atoms with Crippen LogP contribution in [-0.4, -0.2) is 19.0 Å². The Morgan fingerprint density at radius 1 is 1.12 bits per heavy atom. The molecule has 0 unspecified atom stereocenters. The number of carbonyl (C=O) groups is 1. The van der Waals surface area contributed by atoms with E-state index in [1.165, 1.54) is 18.5 Å². The van der Waals surface area contributed by atoms with Gasteiger partial charge in [-0.2, -0.15) is 0 Å². The summed E-state index contributed by atoms with van der Waals surface area (Å²) in [5.41, 5.74) is 3.06. The number of piperidine rings is 1. The van der Waals surface area contributed by atoms with Crippen LogP contribution in [0.1, 0.15) is 48.7 Å². The lowest BCUT2D eigenvalue weighted by Gasteiger charge is -2.32. The van der Waals surface area contributed by atoms with Crippen molar-refractivity contribution in [3.05, 3.63) is 64.1 Å². The Morgan fingerprint density at radius 3 is 2.40 bits per heavy atom. The zero-order valence-corrected chi connectivity index (χ0v) is 16.4. The van der Waals surface area contributed by atoms with Gasteiger partial charge in [-0.15, -0.1) is 0 Å². The van der Waals surface area contributed by atoms with Crippen LogP contribution in [0.2, 0.25) is 0 Å². The van der Waals surface area contributed by atoms with E-state index in [4.69, 9.17) is 0 Å². The molecule has 25 heavy (non-hydrogen) atoms. The maximum atomic E-state index is 12.4. The summed E-state index contributed by atoms with van der Waals surface area (Å²) in [5, 5.41) is 3.08. The lowest BCUT2D eigenvalue weighted by atomic mass is 9.98. The van der Waals surface area contributed by atoms with Crippen molar-refractivity contribution in [2.45, 2.75) is 32.7 Å². The maximum absolute atomic E-state index is 12.4. The van der Waals surface area contributed by atoms with Crippen LogP contribution in [0.25, 0.3) is 0 Å². The molecule has 1 aliphatic heterocycles. The van der Waals surface area contributed by atoms with Crippen molar-refractivity contribution in [1.29, 1.82) is 0 Å². The topological polar surface area (TPSA) is 32.3 Å². The third-order valence-electron chi connectivity index (χ3n) is 5.01. The van der Waals surface area contributed by atoms with Crippen LogP contribution in [-0.2, 0) is 0 Å². The Balaban J connectivity index is 1.64. The van der Waals surface area contributed by atoms with Crippen LogP contribution < -0.4 is 10.2 Å². The van der Waals surface area contributed by atoms with Crippen LogP contribution >= 0.6 is 15.9 Å². The predicted octanol–water partition coefficient (Wildman–Crippen LogP) is 5.18. The van der Waals surface area contributed by atoms with Gasteiger partial charge in [-0.25, -0.2) is 0 Å². The number of halogens is 1. The molecule has 1 amide bonds. The van der Waals surface area contributed by atoms with Gasteiger partial charge >= 0.3 is 0 Å². The molecule has 1 atom stereocenters. The van der Waals surface area contributed by atoms with E-state index in [2.05, 4.69) is 57.3 Å². The van der Waals surface area contributed by atoms with Crippen LogP contribution in [0.15, 0.2) is 53.0 Å². The molecule has 0 saturated carbocycles. The van der Waals surface area contributed by atoms with E-state index >= 15 is 0 Å². The monoisotopic (exact) mass is 400 g/mol. The first kappa shape index (κ1) is 18.0. The molecule has 2 aromatic carbocycles. The van der Waals surface area contributed by atoms with Crippen LogP contribution in [0.3, 0.4) is 0 Å². The average molecular weight is 401 g/mol. The van der Waals surface area contributed by atoms with Crippen molar-refractivity contribution in [1.82, 2.24) is 5.32 Å². The molecule has 3 nitrogen and oxygen atoms in total. The summed E-state index contributed by atoms with van der Waals surface area (Å²) in [6.07, 6.45) is 2.53. The van der Waals surface area contributed by atoms with Crippen molar-refractivity contribution in [3.63, 3.8) is 0 Å². The molecule has 0 radical (unpaired) electrons. The van der Waals surface area contributed by atoms with Gasteiger partial charge in [0.1, 0.15) is 0 Å². The second-order valence-electron chi connectivity index (χ2n) is 6.94. The van der Waals surface area contributed by atoms with Gasteiger partial charge in [0.25, 0.3) is 5.91 Å². The zero-order valence-electron chi connectivity index (χ0n) is 14.8. The highest BCUT2D eigenvalue weighted by molar-refractivity contribution is 9.10. The molecule has 1 N–H and O–H groups in total. The van der Waals surface area contributed by atoms with Crippen molar-refractivity contribution < 1.29 is 4.79 Å². The predicted molar refractivity (Wildman–Crippen MR) is 107 cm³/mol. The summed E-state index contributed by atoms with van der Waals surface area (Å²) >= 11 is 3.43. The van der Waals surface area contributed by atoms with Crippen LogP contribution in [0.4, 0.5) is 5.69 Å². The van der Waals surface area contributed by atoms with Crippen molar-refractivity contribution >= 4 is 27.5 Å². The number of hydrogen-bond acceptors (Lipinski definition) is 2. The number of carbonyl (C=O) groups excluding carboxylic acids is 1. The summed E-state index contributed by atoms with van der Waals surface area (Å²) in [5.74, 6) is 0.775. The minimum atomic E-state index is -0.0610. The van der Waals surface area contributed by atoms with Gasteiger partial charge in [0.05, 0.1) is 11.6 Å². The smallest absolute Gasteiger partial charge is 0.252 e. The van der Waals surface area contributed by atoms with Crippen molar-refractivity contribution in [3.8, 4) is 0 Å². The fourth-order valence-electron chi connectivity index (χ4n) is 3.24. The van der Waals surface area contributed by atoms with Gasteiger partial charge < -0.3 is 10.2 Å². The first-order chi connectivity index (χ1) is 12.0. The molecule has 4 heteroatoms. The first-order valence-electron chi connectivity index (χ1n) is 8.95. The maximum Gasteiger partial charge on any atom is 0.252 e. The molecule has 0 bridgehead atoms. The number of benzene rings is 2. The van der Waals surface area contributed by atoms with Crippen LogP contribution in [0, 0.1) is 5.92 Å². The van der Waals surface area contributed by atoms with E-state index in [1.807, 2.05) is 31.2 Å². The van der Waals surface area contributed by atoms with E-state index in [9.17, 15) is 4.79 Å². The highest BCUT2D eigenvalue weighted by Crippen LogP contribution is 2.25. The van der Waals surface area contributed by atoms with Crippen molar-refractivity contribution in [2.24, 2.45) is 5.92 Å². The standard InChI is InChI=1S/C21H25BrN2O/c1-15-11-13-24(14-12-15)18-9-7-17(8-10-18)16(2)23-21(25)19-5-3-4-6-20(19)22/h3-10,15-16H,11-14H2,1-2H3,(H,23,25)/t16-/m1/s1. The Morgan fingerprint density at radius 2 is 1.76 bits per heavy atom. The molecule has 0 aromatic heterocycles. The van der Waals surface area contributed by atoms with E-state index < -0.39 is 0 Å². The van der Waals surface area contributed by atoms with Gasteiger partial charge in [0.2, 0.25) is 0 Å². The molecule has 0 aliphatic carbocycles. The normalized spacial score (nSPS) is 16.5. The molecule has 2 aromatic rings. The second-order valence-corrected chi connectivity index (χ2v) is 7.79. The van der Waals surface area contributed by atoms with E-state index in [0.29, 0.717) is 5.56 Å². The summed E-state index contributed by atoms with van der Waals surface area (Å²) in [6, 6.07) is 16.0. The molecular weight excluding hydrogens is 376 g/mol. The van der Waals surface area contributed by atoms with Gasteiger partial charge in [-0.1, -0.05) is 31.2 Å². The largest absolute Gasteiger partial charge is 0.372 e. The summed E-state index contributed by atoms with van der Waals surface area (Å²) in [4.78, 5) is 14.9. The van der Waals surface area contributed by atoms with Crippen molar-refractivity contribution in [2.75, 3.05) is 18.0 Å². The second kappa shape index (κ2) is 8.05. The van der Waals surface area contributed by atoms with Gasteiger partial charge in [0, 0.05) is 23.2 Å². The Labute approximate surface area is 158 Å². The molecule has 1 fully saturated rings. The number of nitrogens with one attached hydrogen (secondary N) is 1. The number of amides is 1. The van der Waals surface area contributed by atoms with Gasteiger partial charge in [-0.3, -0.25) is 4.79 Å². The molecule has 0 spiro atoms. The summed E-state index contributed by atoms with van der Waals surface area (Å²) < 4.78 is 0.814. The number of rotatable bonds is 4. The molecule has 1 heterocycles. The third kappa shape index (κ3) is 4.43. The quantitative estimate of drug-likeness (QED) is 0.766. The first-order valence-corrected chi connectivity index (χ1v) is 9.74. The highest BCUT2D eigenvalue weighted by Gasteiger charge is 2.17. The number of hydrogen-bond donors (Lipinski definition) is 1.